The summed E-state index contributed by atoms with van der Waals surface area (Å²) in [7, 11) is 1.86. The monoisotopic (exact) mass is 155 g/mol. The topological polar surface area (TPSA) is 21.3 Å². The zero-order chi connectivity index (χ0) is 7.73. The summed E-state index contributed by atoms with van der Waals surface area (Å²) in [5.41, 5.74) is 0.209. The number of ether oxygens (including phenoxy) is 1. The van der Waals surface area contributed by atoms with E-state index in [4.69, 9.17) is 4.74 Å². The smallest absolute Gasteiger partial charge is 0.0817 e. The van der Waals surface area contributed by atoms with Crippen molar-refractivity contribution in [3.63, 3.8) is 0 Å². The summed E-state index contributed by atoms with van der Waals surface area (Å²) in [6.07, 6.45) is 5.37. The van der Waals surface area contributed by atoms with Crippen LogP contribution in [0.15, 0.2) is 0 Å². The average Bonchev–Trinajstić information content (AvgIpc) is 2.68. The summed E-state index contributed by atoms with van der Waals surface area (Å²) in [5.74, 6) is 0.981. The van der Waals surface area contributed by atoms with Crippen molar-refractivity contribution in [2.24, 2.45) is 5.92 Å². The van der Waals surface area contributed by atoms with Crippen molar-refractivity contribution in [2.75, 3.05) is 20.2 Å². The second-order valence-corrected chi connectivity index (χ2v) is 3.96. The molecule has 2 aliphatic rings. The lowest BCUT2D eigenvalue weighted by Crippen LogP contribution is -2.34. The summed E-state index contributed by atoms with van der Waals surface area (Å²) in [4.78, 5) is 0. The second-order valence-electron chi connectivity index (χ2n) is 3.96. The van der Waals surface area contributed by atoms with Gasteiger partial charge in [0.15, 0.2) is 0 Å². The molecule has 1 N–H and O–H groups in total. The van der Waals surface area contributed by atoms with Gasteiger partial charge in [0.05, 0.1) is 5.60 Å². The van der Waals surface area contributed by atoms with E-state index >= 15 is 0 Å². The lowest BCUT2D eigenvalue weighted by atomic mass is 9.96. The molecule has 2 nitrogen and oxygen atoms in total. The molecule has 11 heavy (non-hydrogen) atoms. The van der Waals surface area contributed by atoms with Crippen LogP contribution >= 0.6 is 0 Å². The predicted octanol–water partition coefficient (Wildman–Crippen LogP) is 1.17. The van der Waals surface area contributed by atoms with Crippen molar-refractivity contribution in [1.82, 2.24) is 5.32 Å². The van der Waals surface area contributed by atoms with Gasteiger partial charge in [0.2, 0.25) is 0 Å². The van der Waals surface area contributed by atoms with Gasteiger partial charge >= 0.3 is 0 Å². The number of hydrogen-bond acceptors (Lipinski definition) is 2. The van der Waals surface area contributed by atoms with Crippen LogP contribution in [0.1, 0.15) is 25.7 Å². The molecular formula is C9H17NO. The Balaban J connectivity index is 1.91. The SMILES string of the molecule is COC1(CC2CC2)CCNC1. The normalized spacial score (nSPS) is 37.9. The van der Waals surface area contributed by atoms with Crippen molar-refractivity contribution in [3.05, 3.63) is 0 Å². The molecule has 0 spiro atoms. The lowest BCUT2D eigenvalue weighted by Gasteiger charge is -2.26. The van der Waals surface area contributed by atoms with Gasteiger partial charge in [-0.15, -0.1) is 0 Å². The Morgan fingerprint density at radius 1 is 1.55 bits per heavy atom. The van der Waals surface area contributed by atoms with Crippen LogP contribution in [0.4, 0.5) is 0 Å². The van der Waals surface area contributed by atoms with Gasteiger partial charge in [-0.05, 0) is 25.3 Å². The van der Waals surface area contributed by atoms with Crippen molar-refractivity contribution < 1.29 is 4.74 Å². The third kappa shape index (κ3) is 1.57. The minimum atomic E-state index is 0.209. The molecule has 1 saturated heterocycles. The number of nitrogens with one attached hydrogen (secondary N) is 1. The molecule has 2 fully saturated rings. The minimum Gasteiger partial charge on any atom is -0.377 e. The first-order valence-corrected chi connectivity index (χ1v) is 4.60. The standard InChI is InChI=1S/C9H17NO/c1-11-9(4-5-10-7-9)6-8-2-3-8/h8,10H,2-7H2,1H3. The quantitative estimate of drug-likeness (QED) is 0.660. The van der Waals surface area contributed by atoms with Gasteiger partial charge in [0.1, 0.15) is 0 Å². The Kier molecular flexibility index (Phi) is 1.90. The van der Waals surface area contributed by atoms with Crippen LogP contribution < -0.4 is 5.32 Å². The van der Waals surface area contributed by atoms with Crippen LogP contribution in [-0.4, -0.2) is 25.8 Å². The Labute approximate surface area is 68.3 Å². The van der Waals surface area contributed by atoms with E-state index in [-0.39, 0.29) is 5.60 Å². The van der Waals surface area contributed by atoms with Crippen LogP contribution in [0.25, 0.3) is 0 Å². The zero-order valence-electron chi connectivity index (χ0n) is 7.23. The average molecular weight is 155 g/mol. The van der Waals surface area contributed by atoms with Gasteiger partial charge in [-0.2, -0.15) is 0 Å². The summed E-state index contributed by atoms with van der Waals surface area (Å²) >= 11 is 0. The van der Waals surface area contributed by atoms with Gasteiger partial charge < -0.3 is 10.1 Å². The largest absolute Gasteiger partial charge is 0.377 e. The molecule has 0 radical (unpaired) electrons. The molecule has 1 saturated carbocycles. The first-order valence-electron chi connectivity index (χ1n) is 4.60. The van der Waals surface area contributed by atoms with Crippen LogP contribution in [-0.2, 0) is 4.74 Å². The highest BCUT2D eigenvalue weighted by atomic mass is 16.5. The van der Waals surface area contributed by atoms with E-state index in [1.54, 1.807) is 0 Å². The third-order valence-corrected chi connectivity index (χ3v) is 3.00. The summed E-state index contributed by atoms with van der Waals surface area (Å²) in [6.45, 7) is 2.21. The van der Waals surface area contributed by atoms with E-state index in [2.05, 4.69) is 5.32 Å². The number of rotatable bonds is 3. The summed E-state index contributed by atoms with van der Waals surface area (Å²) < 4.78 is 5.59. The van der Waals surface area contributed by atoms with Gasteiger partial charge in [-0.1, -0.05) is 12.8 Å². The minimum absolute atomic E-state index is 0.209. The molecule has 2 rings (SSSR count). The Bertz CT molecular complexity index is 136. The maximum absolute atomic E-state index is 5.59. The fourth-order valence-corrected chi connectivity index (χ4v) is 2.00. The van der Waals surface area contributed by atoms with E-state index in [1.165, 1.54) is 25.7 Å². The maximum Gasteiger partial charge on any atom is 0.0817 e. The molecule has 1 aliphatic heterocycles. The van der Waals surface area contributed by atoms with E-state index in [9.17, 15) is 0 Å². The fourth-order valence-electron chi connectivity index (χ4n) is 2.00. The Morgan fingerprint density at radius 3 is 2.82 bits per heavy atom. The molecule has 64 valence electrons. The molecule has 0 aromatic rings. The van der Waals surface area contributed by atoms with Gasteiger partial charge in [0.25, 0.3) is 0 Å². The highest BCUT2D eigenvalue weighted by Crippen LogP contribution is 2.39. The zero-order valence-corrected chi connectivity index (χ0v) is 7.23. The highest BCUT2D eigenvalue weighted by molar-refractivity contribution is 4.94. The van der Waals surface area contributed by atoms with Crippen molar-refractivity contribution in [3.8, 4) is 0 Å². The molecule has 0 aromatic heterocycles. The number of hydrogen-bond donors (Lipinski definition) is 1. The van der Waals surface area contributed by atoms with Gasteiger partial charge in [-0.3, -0.25) is 0 Å². The maximum atomic E-state index is 5.59. The Morgan fingerprint density at radius 2 is 2.36 bits per heavy atom. The molecule has 1 heterocycles. The van der Waals surface area contributed by atoms with Crippen LogP contribution in [0.3, 0.4) is 0 Å². The van der Waals surface area contributed by atoms with Crippen LogP contribution in [0.5, 0.6) is 0 Å². The fraction of sp³-hybridized carbons (Fsp3) is 1.00. The van der Waals surface area contributed by atoms with Gasteiger partial charge in [0, 0.05) is 13.7 Å². The number of methoxy groups -OCH3 is 1. The molecule has 0 bridgehead atoms. The highest BCUT2D eigenvalue weighted by Gasteiger charge is 2.39. The lowest BCUT2D eigenvalue weighted by molar-refractivity contribution is -0.00423. The third-order valence-electron chi connectivity index (χ3n) is 3.00. The van der Waals surface area contributed by atoms with E-state index in [0.717, 1.165) is 19.0 Å². The van der Waals surface area contributed by atoms with E-state index in [0.29, 0.717) is 0 Å². The van der Waals surface area contributed by atoms with Crippen molar-refractivity contribution in [1.29, 1.82) is 0 Å². The first-order chi connectivity index (χ1) is 5.35. The summed E-state index contributed by atoms with van der Waals surface area (Å²) in [5, 5.41) is 3.37. The Hall–Kier alpha value is -0.0800. The molecule has 1 atom stereocenters. The first kappa shape index (κ1) is 7.56. The molecule has 1 aliphatic carbocycles. The summed E-state index contributed by atoms with van der Waals surface area (Å²) in [6, 6.07) is 0. The molecule has 0 amide bonds. The molecule has 1 unspecified atom stereocenters. The molecule has 2 heteroatoms. The van der Waals surface area contributed by atoms with E-state index < -0.39 is 0 Å². The van der Waals surface area contributed by atoms with Crippen LogP contribution in [0.2, 0.25) is 0 Å². The van der Waals surface area contributed by atoms with Crippen LogP contribution in [0, 0.1) is 5.92 Å². The second kappa shape index (κ2) is 2.76. The van der Waals surface area contributed by atoms with Crippen molar-refractivity contribution >= 4 is 0 Å². The van der Waals surface area contributed by atoms with Gasteiger partial charge in [-0.25, -0.2) is 0 Å². The molecular weight excluding hydrogens is 138 g/mol. The van der Waals surface area contributed by atoms with Crippen molar-refractivity contribution in [2.45, 2.75) is 31.3 Å². The predicted molar refractivity (Wildman–Crippen MR) is 44.6 cm³/mol. The molecule has 0 aromatic carbocycles. The van der Waals surface area contributed by atoms with E-state index in [1.807, 2.05) is 7.11 Å².